The summed E-state index contributed by atoms with van der Waals surface area (Å²) in [5.41, 5.74) is 1.22. The second-order valence-corrected chi connectivity index (χ2v) is 9.78. The van der Waals surface area contributed by atoms with Crippen molar-refractivity contribution in [2.75, 3.05) is 7.11 Å². The van der Waals surface area contributed by atoms with Gasteiger partial charge in [0.25, 0.3) is 0 Å². The molecule has 0 aliphatic heterocycles. The number of nitrogens with zero attached hydrogens (tertiary/aromatic N) is 2. The number of fused-ring (bicyclic) bond motifs is 1. The van der Waals surface area contributed by atoms with Crippen LogP contribution >= 0.6 is 0 Å². The number of hydrogen-bond acceptors (Lipinski definition) is 7. The van der Waals surface area contributed by atoms with E-state index in [1.54, 1.807) is 31.2 Å². The number of sulfone groups is 1. The largest absolute Gasteiger partial charge is 0.493 e. The lowest BCUT2D eigenvalue weighted by Gasteiger charge is -2.16. The van der Waals surface area contributed by atoms with Gasteiger partial charge in [-0.2, -0.15) is 4.98 Å². The number of rotatable bonds is 7. The number of methoxy groups -OCH3 is 1. The Hall–Kier alpha value is -4.17. The van der Waals surface area contributed by atoms with Crippen molar-refractivity contribution in [3.63, 3.8) is 0 Å². The molecular formula is C27H22N2O5S. The van der Waals surface area contributed by atoms with E-state index < -0.39 is 9.84 Å². The predicted octanol–water partition coefficient (Wildman–Crippen LogP) is 5.62. The molecule has 0 radical (unpaired) electrons. The molecule has 35 heavy (non-hydrogen) atoms. The first-order chi connectivity index (χ1) is 17.0. The third-order valence-corrected chi connectivity index (χ3v) is 7.45. The molecule has 0 unspecified atom stereocenters. The zero-order valence-electron chi connectivity index (χ0n) is 19.1. The normalized spacial score (nSPS) is 11.5. The summed E-state index contributed by atoms with van der Waals surface area (Å²) >= 11 is 0. The summed E-state index contributed by atoms with van der Waals surface area (Å²) < 4.78 is 44.8. The highest BCUT2D eigenvalue weighted by Crippen LogP contribution is 2.40. The van der Waals surface area contributed by atoms with E-state index in [0.29, 0.717) is 17.0 Å². The van der Waals surface area contributed by atoms with Gasteiger partial charge < -0.3 is 14.0 Å². The van der Waals surface area contributed by atoms with Crippen molar-refractivity contribution in [2.45, 2.75) is 23.3 Å². The standard InChI is InChI=1S/C27H22N2O5S/c1-18-28-27(29-34-18)22-15-24(33-17-19-9-4-3-5-10-19)23(32-2)16-26(22)35(30,31)25-14-8-12-20-11-6-7-13-21(20)25/h3-16H,17H2,1-2H3. The van der Waals surface area contributed by atoms with Crippen molar-refractivity contribution >= 4 is 20.6 Å². The van der Waals surface area contributed by atoms with Crippen LogP contribution < -0.4 is 9.47 Å². The fourth-order valence-electron chi connectivity index (χ4n) is 3.90. The minimum absolute atomic E-state index is 0.00133. The van der Waals surface area contributed by atoms with Gasteiger partial charge in [-0.3, -0.25) is 0 Å². The summed E-state index contributed by atoms with van der Waals surface area (Å²) in [6, 6.07) is 25.2. The van der Waals surface area contributed by atoms with Gasteiger partial charge in [0, 0.05) is 23.9 Å². The van der Waals surface area contributed by atoms with Crippen LogP contribution in [-0.4, -0.2) is 25.7 Å². The second kappa shape index (κ2) is 9.23. The van der Waals surface area contributed by atoms with E-state index >= 15 is 0 Å². The maximum absolute atomic E-state index is 14.0. The number of benzene rings is 4. The fraction of sp³-hybridized carbons (Fsp3) is 0.111. The highest BCUT2D eigenvalue weighted by Gasteiger charge is 2.28. The number of ether oxygens (including phenoxy) is 2. The van der Waals surface area contributed by atoms with Crippen LogP contribution in [0.3, 0.4) is 0 Å². The Morgan fingerprint density at radius 2 is 1.60 bits per heavy atom. The van der Waals surface area contributed by atoms with Crippen LogP contribution in [0.15, 0.2) is 99.2 Å². The molecule has 0 amide bonds. The Morgan fingerprint density at radius 1 is 0.857 bits per heavy atom. The lowest BCUT2D eigenvalue weighted by atomic mass is 10.1. The van der Waals surface area contributed by atoms with E-state index in [9.17, 15) is 8.42 Å². The molecule has 0 saturated heterocycles. The molecule has 0 fully saturated rings. The van der Waals surface area contributed by atoms with Crippen LogP contribution in [0.2, 0.25) is 0 Å². The van der Waals surface area contributed by atoms with Gasteiger partial charge >= 0.3 is 0 Å². The third kappa shape index (κ3) is 4.36. The fourth-order valence-corrected chi connectivity index (χ4v) is 5.58. The van der Waals surface area contributed by atoms with Crippen LogP contribution in [0.5, 0.6) is 11.5 Å². The molecule has 0 spiro atoms. The van der Waals surface area contributed by atoms with E-state index in [4.69, 9.17) is 14.0 Å². The molecule has 5 aromatic rings. The summed E-state index contributed by atoms with van der Waals surface area (Å²) in [6.07, 6.45) is 0. The minimum atomic E-state index is -4.01. The molecule has 1 aromatic heterocycles. The summed E-state index contributed by atoms with van der Waals surface area (Å²) in [4.78, 5) is 4.46. The first-order valence-electron chi connectivity index (χ1n) is 10.9. The average molecular weight is 487 g/mol. The number of aromatic nitrogens is 2. The van der Waals surface area contributed by atoms with Crippen LogP contribution in [0.4, 0.5) is 0 Å². The Labute approximate surface area is 202 Å². The lowest BCUT2D eigenvalue weighted by molar-refractivity contribution is 0.284. The predicted molar refractivity (Wildman–Crippen MR) is 131 cm³/mol. The zero-order valence-corrected chi connectivity index (χ0v) is 20.0. The van der Waals surface area contributed by atoms with E-state index in [1.807, 2.05) is 54.6 Å². The minimum Gasteiger partial charge on any atom is -0.493 e. The van der Waals surface area contributed by atoms with Gasteiger partial charge in [0.2, 0.25) is 21.6 Å². The van der Waals surface area contributed by atoms with Crippen molar-refractivity contribution in [3.05, 3.63) is 96.4 Å². The molecule has 0 N–H and O–H groups in total. The summed E-state index contributed by atoms with van der Waals surface area (Å²) in [5.74, 6) is 1.11. The highest BCUT2D eigenvalue weighted by molar-refractivity contribution is 7.91. The van der Waals surface area contributed by atoms with Crippen molar-refractivity contribution < 1.29 is 22.4 Å². The maximum Gasteiger partial charge on any atom is 0.223 e. The maximum atomic E-state index is 14.0. The highest BCUT2D eigenvalue weighted by atomic mass is 32.2. The topological polar surface area (TPSA) is 91.5 Å². The van der Waals surface area contributed by atoms with E-state index in [0.717, 1.165) is 10.9 Å². The molecule has 0 aliphatic rings. The van der Waals surface area contributed by atoms with E-state index in [1.165, 1.54) is 13.2 Å². The number of aryl methyl sites for hydroxylation is 1. The summed E-state index contributed by atoms with van der Waals surface area (Å²) in [6.45, 7) is 1.92. The van der Waals surface area contributed by atoms with Gasteiger partial charge in [0.05, 0.1) is 16.9 Å². The van der Waals surface area contributed by atoms with Gasteiger partial charge in [0.15, 0.2) is 11.5 Å². The molecular weight excluding hydrogens is 464 g/mol. The third-order valence-electron chi connectivity index (χ3n) is 5.60. The monoisotopic (exact) mass is 486 g/mol. The van der Waals surface area contributed by atoms with Gasteiger partial charge in [-0.05, 0) is 23.1 Å². The molecule has 7 nitrogen and oxygen atoms in total. The van der Waals surface area contributed by atoms with Crippen LogP contribution in [0, 0.1) is 6.92 Å². The summed E-state index contributed by atoms with van der Waals surface area (Å²) in [5, 5.41) is 5.42. The van der Waals surface area contributed by atoms with Crippen molar-refractivity contribution in [3.8, 4) is 22.9 Å². The van der Waals surface area contributed by atoms with E-state index in [2.05, 4.69) is 10.1 Å². The van der Waals surface area contributed by atoms with Crippen LogP contribution in [-0.2, 0) is 16.4 Å². The average Bonchev–Trinajstić information content (AvgIpc) is 3.33. The van der Waals surface area contributed by atoms with Crippen molar-refractivity contribution in [2.24, 2.45) is 0 Å². The van der Waals surface area contributed by atoms with Gasteiger partial charge in [-0.15, -0.1) is 0 Å². The van der Waals surface area contributed by atoms with E-state index in [-0.39, 0.29) is 33.5 Å². The molecule has 8 heteroatoms. The molecule has 4 aromatic carbocycles. The Bertz CT molecular complexity index is 1610. The Balaban J connectivity index is 1.68. The number of hydrogen-bond donors (Lipinski definition) is 0. The molecule has 1 heterocycles. The quantitative estimate of drug-likeness (QED) is 0.295. The SMILES string of the molecule is COc1cc(S(=O)(=O)c2cccc3ccccc23)c(-c2noc(C)n2)cc1OCc1ccccc1. The van der Waals surface area contributed by atoms with Gasteiger partial charge in [-0.1, -0.05) is 71.9 Å². The van der Waals surface area contributed by atoms with Crippen molar-refractivity contribution in [1.82, 2.24) is 10.1 Å². The smallest absolute Gasteiger partial charge is 0.223 e. The van der Waals surface area contributed by atoms with Crippen LogP contribution in [0.25, 0.3) is 22.2 Å². The molecule has 0 bridgehead atoms. The lowest BCUT2D eigenvalue weighted by Crippen LogP contribution is -2.07. The molecule has 0 aliphatic carbocycles. The van der Waals surface area contributed by atoms with Gasteiger partial charge in [-0.25, -0.2) is 8.42 Å². The first-order valence-corrected chi connectivity index (χ1v) is 12.4. The van der Waals surface area contributed by atoms with Crippen LogP contribution in [0.1, 0.15) is 11.5 Å². The second-order valence-electron chi connectivity index (χ2n) is 7.89. The summed E-state index contributed by atoms with van der Waals surface area (Å²) in [7, 11) is -2.54. The first kappa shape index (κ1) is 22.6. The zero-order chi connectivity index (χ0) is 24.4. The molecule has 0 atom stereocenters. The molecule has 5 rings (SSSR count). The van der Waals surface area contributed by atoms with Gasteiger partial charge in [0.1, 0.15) is 6.61 Å². The Morgan fingerprint density at radius 3 is 2.34 bits per heavy atom. The Kier molecular flexibility index (Phi) is 5.96. The molecule has 0 saturated carbocycles. The van der Waals surface area contributed by atoms with Crippen molar-refractivity contribution in [1.29, 1.82) is 0 Å². The molecule has 176 valence electrons.